The molecule has 18 heavy (non-hydrogen) atoms. The van der Waals surface area contributed by atoms with Gasteiger partial charge in [-0.1, -0.05) is 0 Å². The number of rotatable bonds is 4. The fourth-order valence-corrected chi connectivity index (χ4v) is 1.25. The molecule has 0 saturated heterocycles. The lowest BCUT2D eigenvalue weighted by molar-refractivity contribution is 0.0690. The molecule has 2 heterocycles. The second-order valence-electron chi connectivity index (χ2n) is 3.60. The Morgan fingerprint density at radius 3 is 2.78 bits per heavy atom. The van der Waals surface area contributed by atoms with E-state index in [9.17, 15) is 4.79 Å². The van der Waals surface area contributed by atoms with Crippen molar-refractivity contribution in [1.82, 2.24) is 19.9 Å². The van der Waals surface area contributed by atoms with Crippen molar-refractivity contribution in [3.8, 4) is 0 Å². The molecule has 2 aromatic rings. The molecule has 0 bridgehead atoms. The van der Waals surface area contributed by atoms with Crippen LogP contribution in [-0.4, -0.2) is 31.0 Å². The summed E-state index contributed by atoms with van der Waals surface area (Å²) < 4.78 is 0. The summed E-state index contributed by atoms with van der Waals surface area (Å²) in [5.41, 5.74) is 1.48. The smallest absolute Gasteiger partial charge is 0.356 e. The van der Waals surface area contributed by atoms with Gasteiger partial charge in [-0.2, -0.15) is 0 Å². The summed E-state index contributed by atoms with van der Waals surface area (Å²) >= 11 is 0. The van der Waals surface area contributed by atoms with Crippen LogP contribution in [0.5, 0.6) is 0 Å². The van der Waals surface area contributed by atoms with Crippen molar-refractivity contribution in [2.75, 3.05) is 5.32 Å². The number of aromatic carboxylic acids is 1. The van der Waals surface area contributed by atoms with Gasteiger partial charge in [0.2, 0.25) is 0 Å². The first kappa shape index (κ1) is 11.9. The lowest BCUT2D eigenvalue weighted by Crippen LogP contribution is -2.07. The molecule has 0 amide bonds. The zero-order chi connectivity index (χ0) is 13.0. The number of carboxylic acid groups (broad SMARTS) is 1. The highest BCUT2D eigenvalue weighted by molar-refractivity contribution is 5.85. The fourth-order valence-electron chi connectivity index (χ4n) is 1.25. The maximum Gasteiger partial charge on any atom is 0.356 e. The summed E-state index contributed by atoms with van der Waals surface area (Å²) in [7, 11) is 0. The number of nitrogens with one attached hydrogen (secondary N) is 1. The zero-order valence-corrected chi connectivity index (χ0v) is 9.66. The van der Waals surface area contributed by atoms with E-state index in [0.717, 1.165) is 11.4 Å². The average Bonchev–Trinajstić information content (AvgIpc) is 2.38. The fraction of sp³-hybridized carbons (Fsp3) is 0.182. The molecule has 0 fully saturated rings. The van der Waals surface area contributed by atoms with E-state index in [1.807, 2.05) is 6.92 Å². The Bertz CT molecular complexity index is 556. The van der Waals surface area contributed by atoms with Gasteiger partial charge in [0.05, 0.1) is 36.5 Å². The third kappa shape index (κ3) is 2.97. The van der Waals surface area contributed by atoms with Crippen molar-refractivity contribution in [1.29, 1.82) is 0 Å². The molecule has 0 unspecified atom stereocenters. The summed E-state index contributed by atoms with van der Waals surface area (Å²) in [6.45, 7) is 2.26. The number of carboxylic acids is 1. The Morgan fingerprint density at radius 1 is 1.28 bits per heavy atom. The number of aryl methyl sites for hydroxylation is 1. The SMILES string of the molecule is Cc1cnc(CNc2cncc(C(=O)O)n2)cn1. The number of carbonyl (C=O) groups is 1. The summed E-state index contributed by atoms with van der Waals surface area (Å²) in [5, 5.41) is 11.7. The van der Waals surface area contributed by atoms with E-state index in [1.54, 1.807) is 12.4 Å². The maximum absolute atomic E-state index is 10.7. The molecule has 0 spiro atoms. The van der Waals surface area contributed by atoms with Crippen LogP contribution in [0.15, 0.2) is 24.8 Å². The van der Waals surface area contributed by atoms with Gasteiger partial charge in [0.25, 0.3) is 0 Å². The number of nitrogens with zero attached hydrogens (tertiary/aromatic N) is 4. The van der Waals surface area contributed by atoms with Crippen LogP contribution in [0.4, 0.5) is 5.82 Å². The van der Waals surface area contributed by atoms with E-state index in [1.165, 1.54) is 12.4 Å². The van der Waals surface area contributed by atoms with Crippen molar-refractivity contribution in [3.05, 3.63) is 41.9 Å². The van der Waals surface area contributed by atoms with E-state index >= 15 is 0 Å². The minimum Gasteiger partial charge on any atom is -0.476 e. The van der Waals surface area contributed by atoms with Gasteiger partial charge in [-0.25, -0.2) is 9.78 Å². The zero-order valence-electron chi connectivity index (χ0n) is 9.66. The van der Waals surface area contributed by atoms with Crippen LogP contribution in [0.2, 0.25) is 0 Å². The molecule has 2 aromatic heterocycles. The molecule has 0 aliphatic heterocycles. The summed E-state index contributed by atoms with van der Waals surface area (Å²) in [4.78, 5) is 26.7. The van der Waals surface area contributed by atoms with E-state index in [4.69, 9.17) is 5.11 Å². The summed E-state index contributed by atoms with van der Waals surface area (Å²) in [6, 6.07) is 0. The molecule has 0 saturated carbocycles. The minimum atomic E-state index is -1.11. The number of hydrogen-bond acceptors (Lipinski definition) is 6. The molecule has 0 aliphatic carbocycles. The quantitative estimate of drug-likeness (QED) is 0.824. The Hall–Kier alpha value is -2.57. The van der Waals surface area contributed by atoms with Gasteiger partial charge in [-0.3, -0.25) is 15.0 Å². The second kappa shape index (κ2) is 5.17. The Balaban J connectivity index is 2.04. The number of hydrogen-bond donors (Lipinski definition) is 2. The maximum atomic E-state index is 10.7. The molecule has 92 valence electrons. The molecule has 0 aromatic carbocycles. The predicted molar refractivity (Wildman–Crippen MR) is 63.1 cm³/mol. The van der Waals surface area contributed by atoms with Crippen molar-refractivity contribution in [3.63, 3.8) is 0 Å². The lowest BCUT2D eigenvalue weighted by Gasteiger charge is -2.05. The average molecular weight is 245 g/mol. The highest BCUT2D eigenvalue weighted by Gasteiger charge is 2.06. The standard InChI is InChI=1S/C11H11N5O2/c1-7-2-14-8(3-13-7)4-15-10-6-12-5-9(16-10)11(17)18/h2-3,5-6H,4H2,1H3,(H,15,16)(H,17,18). The van der Waals surface area contributed by atoms with E-state index in [2.05, 4.69) is 25.3 Å². The van der Waals surface area contributed by atoms with Crippen molar-refractivity contribution >= 4 is 11.8 Å². The van der Waals surface area contributed by atoms with Gasteiger partial charge in [0.1, 0.15) is 5.82 Å². The van der Waals surface area contributed by atoms with E-state index in [-0.39, 0.29) is 5.69 Å². The Morgan fingerprint density at radius 2 is 2.11 bits per heavy atom. The number of aromatic nitrogens is 4. The summed E-state index contributed by atoms with van der Waals surface area (Å²) in [5.74, 6) is -0.724. The topological polar surface area (TPSA) is 101 Å². The van der Waals surface area contributed by atoms with Gasteiger partial charge in [0.15, 0.2) is 5.69 Å². The molecule has 0 aliphatic rings. The molecule has 0 radical (unpaired) electrons. The highest BCUT2D eigenvalue weighted by Crippen LogP contribution is 2.04. The van der Waals surface area contributed by atoms with Crippen LogP contribution in [0.25, 0.3) is 0 Å². The molecule has 7 nitrogen and oxygen atoms in total. The van der Waals surface area contributed by atoms with Crippen LogP contribution >= 0.6 is 0 Å². The normalized spacial score (nSPS) is 10.1. The van der Waals surface area contributed by atoms with Crippen LogP contribution in [0, 0.1) is 6.92 Å². The molecular formula is C11H11N5O2. The Kier molecular flexibility index (Phi) is 3.42. The van der Waals surface area contributed by atoms with Gasteiger partial charge >= 0.3 is 5.97 Å². The van der Waals surface area contributed by atoms with Crippen LogP contribution in [0.1, 0.15) is 21.9 Å². The van der Waals surface area contributed by atoms with Crippen LogP contribution in [-0.2, 0) is 6.54 Å². The third-order valence-electron chi connectivity index (χ3n) is 2.14. The Labute approximate surface area is 103 Å². The van der Waals surface area contributed by atoms with Crippen molar-refractivity contribution in [2.24, 2.45) is 0 Å². The highest BCUT2D eigenvalue weighted by atomic mass is 16.4. The largest absolute Gasteiger partial charge is 0.476 e. The van der Waals surface area contributed by atoms with Crippen LogP contribution in [0.3, 0.4) is 0 Å². The van der Waals surface area contributed by atoms with Gasteiger partial charge in [-0.15, -0.1) is 0 Å². The molecule has 2 rings (SSSR count). The first-order valence-electron chi connectivity index (χ1n) is 5.22. The first-order valence-corrected chi connectivity index (χ1v) is 5.22. The molecule has 2 N–H and O–H groups in total. The predicted octanol–water partition coefficient (Wildman–Crippen LogP) is 0.885. The van der Waals surface area contributed by atoms with E-state index in [0.29, 0.717) is 12.4 Å². The third-order valence-corrected chi connectivity index (χ3v) is 2.14. The summed E-state index contributed by atoms with van der Waals surface area (Å²) in [6.07, 6.45) is 5.96. The van der Waals surface area contributed by atoms with Crippen LogP contribution < -0.4 is 5.32 Å². The molecular weight excluding hydrogens is 234 g/mol. The lowest BCUT2D eigenvalue weighted by atomic mass is 10.4. The van der Waals surface area contributed by atoms with Gasteiger partial charge < -0.3 is 10.4 Å². The number of anilines is 1. The van der Waals surface area contributed by atoms with Crippen molar-refractivity contribution in [2.45, 2.75) is 13.5 Å². The minimum absolute atomic E-state index is 0.102. The van der Waals surface area contributed by atoms with Gasteiger partial charge in [0, 0.05) is 6.20 Å². The van der Waals surface area contributed by atoms with Gasteiger partial charge in [-0.05, 0) is 6.92 Å². The molecule has 0 atom stereocenters. The monoisotopic (exact) mass is 245 g/mol. The second-order valence-corrected chi connectivity index (χ2v) is 3.60. The first-order chi connectivity index (χ1) is 8.65. The van der Waals surface area contributed by atoms with Crippen molar-refractivity contribution < 1.29 is 9.90 Å². The van der Waals surface area contributed by atoms with E-state index < -0.39 is 5.97 Å². The molecule has 7 heteroatoms.